The summed E-state index contributed by atoms with van der Waals surface area (Å²) in [7, 11) is 0. The lowest BCUT2D eigenvalue weighted by Crippen LogP contribution is -2.25. The molecule has 0 spiro atoms. The molecule has 0 N–H and O–H groups in total. The van der Waals surface area contributed by atoms with E-state index in [1.807, 2.05) is 6.92 Å². The van der Waals surface area contributed by atoms with Crippen LogP contribution in [0, 0.1) is 0 Å². The van der Waals surface area contributed by atoms with E-state index < -0.39 is 6.10 Å². The third kappa shape index (κ3) is 11.7. The first-order chi connectivity index (χ1) is 17.5. The SMILES string of the molecule is CCCCCCCCOC(C)C(=O)OC(C)c1ccc(-c2ccc(CCCCCCCC)cc2)cc1. The molecule has 0 aromatic heterocycles. The van der Waals surface area contributed by atoms with Gasteiger partial charge in [-0.15, -0.1) is 0 Å². The van der Waals surface area contributed by atoms with Crippen LogP contribution in [0.25, 0.3) is 11.1 Å². The normalized spacial score (nSPS) is 12.9. The molecule has 2 aromatic carbocycles. The second-order valence-electron chi connectivity index (χ2n) is 10.2. The zero-order valence-electron chi connectivity index (χ0n) is 23.4. The minimum atomic E-state index is -0.530. The fraction of sp³-hybridized carbons (Fsp3) is 0.606. The molecule has 0 aliphatic carbocycles. The highest BCUT2D eigenvalue weighted by atomic mass is 16.6. The Kier molecular flexibility index (Phi) is 15.2. The van der Waals surface area contributed by atoms with Crippen LogP contribution in [-0.2, 0) is 20.7 Å². The minimum absolute atomic E-state index is 0.293. The number of unbranched alkanes of at least 4 members (excludes halogenated alkanes) is 10. The molecular formula is C33H50O3. The number of hydrogen-bond acceptors (Lipinski definition) is 3. The molecule has 2 unspecified atom stereocenters. The summed E-state index contributed by atoms with van der Waals surface area (Å²) in [5.41, 5.74) is 4.81. The van der Waals surface area contributed by atoms with E-state index >= 15 is 0 Å². The number of carbonyl (C=O) groups excluding carboxylic acids is 1. The number of rotatable bonds is 19. The number of aryl methyl sites for hydroxylation is 1. The van der Waals surface area contributed by atoms with Crippen LogP contribution in [0.15, 0.2) is 48.5 Å². The number of benzene rings is 2. The minimum Gasteiger partial charge on any atom is -0.456 e. The first-order valence-electron chi connectivity index (χ1n) is 14.6. The van der Waals surface area contributed by atoms with Crippen LogP contribution in [0.2, 0.25) is 0 Å². The molecule has 0 aliphatic rings. The average molecular weight is 495 g/mol. The van der Waals surface area contributed by atoms with Crippen LogP contribution in [0.1, 0.15) is 122 Å². The van der Waals surface area contributed by atoms with Gasteiger partial charge in [-0.25, -0.2) is 4.79 Å². The molecule has 2 aromatic rings. The van der Waals surface area contributed by atoms with Gasteiger partial charge < -0.3 is 9.47 Å². The zero-order valence-corrected chi connectivity index (χ0v) is 23.4. The maximum atomic E-state index is 12.4. The van der Waals surface area contributed by atoms with Crippen LogP contribution >= 0.6 is 0 Å². The van der Waals surface area contributed by atoms with E-state index in [1.54, 1.807) is 6.92 Å². The highest BCUT2D eigenvalue weighted by Crippen LogP contribution is 2.25. The van der Waals surface area contributed by atoms with Gasteiger partial charge in [-0.2, -0.15) is 0 Å². The quantitative estimate of drug-likeness (QED) is 0.144. The van der Waals surface area contributed by atoms with Gasteiger partial charge in [0.1, 0.15) is 6.10 Å². The van der Waals surface area contributed by atoms with Crippen molar-refractivity contribution in [1.29, 1.82) is 0 Å². The molecule has 2 atom stereocenters. The summed E-state index contributed by atoms with van der Waals surface area (Å²) in [6, 6.07) is 17.3. The van der Waals surface area contributed by atoms with E-state index in [2.05, 4.69) is 62.4 Å². The number of carbonyl (C=O) groups is 1. The fourth-order valence-corrected chi connectivity index (χ4v) is 4.47. The molecule has 0 heterocycles. The Morgan fingerprint density at radius 3 is 1.75 bits per heavy atom. The summed E-state index contributed by atoms with van der Waals surface area (Å²) < 4.78 is 11.4. The predicted octanol–water partition coefficient (Wildman–Crippen LogP) is 9.63. The average Bonchev–Trinajstić information content (AvgIpc) is 2.90. The maximum Gasteiger partial charge on any atom is 0.335 e. The summed E-state index contributed by atoms with van der Waals surface area (Å²) in [6.45, 7) is 8.81. The van der Waals surface area contributed by atoms with Gasteiger partial charge >= 0.3 is 5.97 Å². The van der Waals surface area contributed by atoms with Crippen molar-refractivity contribution in [3.63, 3.8) is 0 Å². The molecular weight excluding hydrogens is 444 g/mol. The molecule has 0 aliphatic heterocycles. The van der Waals surface area contributed by atoms with Crippen molar-refractivity contribution < 1.29 is 14.3 Å². The molecule has 0 bridgehead atoms. The molecule has 200 valence electrons. The lowest BCUT2D eigenvalue weighted by molar-refractivity contribution is -0.161. The maximum absolute atomic E-state index is 12.4. The Bertz CT molecular complexity index is 825. The molecule has 2 rings (SSSR count). The second-order valence-corrected chi connectivity index (χ2v) is 10.2. The van der Waals surface area contributed by atoms with Gasteiger partial charge in [0.25, 0.3) is 0 Å². The summed E-state index contributed by atoms with van der Waals surface area (Å²) >= 11 is 0. The largest absolute Gasteiger partial charge is 0.456 e. The molecule has 3 nitrogen and oxygen atoms in total. The molecule has 0 fully saturated rings. The smallest absolute Gasteiger partial charge is 0.335 e. The zero-order chi connectivity index (χ0) is 26.0. The third-order valence-corrected chi connectivity index (χ3v) is 6.98. The molecule has 36 heavy (non-hydrogen) atoms. The summed E-state index contributed by atoms with van der Waals surface area (Å²) in [6.07, 6.45) is 15.6. The Hall–Kier alpha value is -2.13. The highest BCUT2D eigenvalue weighted by molar-refractivity contribution is 5.74. The van der Waals surface area contributed by atoms with Crippen molar-refractivity contribution in [2.75, 3.05) is 6.61 Å². The van der Waals surface area contributed by atoms with Gasteiger partial charge in [0, 0.05) is 6.61 Å². The van der Waals surface area contributed by atoms with E-state index in [-0.39, 0.29) is 12.1 Å². The Morgan fingerprint density at radius 1 is 0.667 bits per heavy atom. The Labute approximate surface area is 221 Å². The number of hydrogen-bond donors (Lipinski definition) is 0. The molecule has 0 amide bonds. The van der Waals surface area contributed by atoms with E-state index in [1.165, 1.54) is 80.9 Å². The third-order valence-electron chi connectivity index (χ3n) is 6.98. The monoisotopic (exact) mass is 494 g/mol. The van der Waals surface area contributed by atoms with Crippen LogP contribution in [0.4, 0.5) is 0 Å². The number of ether oxygens (including phenoxy) is 2. The van der Waals surface area contributed by atoms with Crippen molar-refractivity contribution in [1.82, 2.24) is 0 Å². The lowest BCUT2D eigenvalue weighted by atomic mass is 9.99. The van der Waals surface area contributed by atoms with Crippen LogP contribution in [0.3, 0.4) is 0 Å². The fourth-order valence-electron chi connectivity index (χ4n) is 4.47. The molecule has 0 radical (unpaired) electrons. The highest BCUT2D eigenvalue weighted by Gasteiger charge is 2.19. The lowest BCUT2D eigenvalue weighted by Gasteiger charge is -2.18. The van der Waals surface area contributed by atoms with Crippen molar-refractivity contribution >= 4 is 5.97 Å². The van der Waals surface area contributed by atoms with Crippen LogP contribution in [-0.4, -0.2) is 18.7 Å². The first-order valence-corrected chi connectivity index (χ1v) is 14.6. The van der Waals surface area contributed by atoms with Crippen LogP contribution in [0.5, 0.6) is 0 Å². The Balaban J connectivity index is 1.73. The van der Waals surface area contributed by atoms with E-state index in [9.17, 15) is 4.79 Å². The van der Waals surface area contributed by atoms with Gasteiger partial charge in [0.2, 0.25) is 0 Å². The van der Waals surface area contributed by atoms with Crippen molar-refractivity contribution in [2.24, 2.45) is 0 Å². The van der Waals surface area contributed by atoms with Crippen molar-refractivity contribution in [3.05, 3.63) is 59.7 Å². The second kappa shape index (κ2) is 18.2. The van der Waals surface area contributed by atoms with Crippen molar-refractivity contribution in [3.8, 4) is 11.1 Å². The Morgan fingerprint density at radius 2 is 1.17 bits per heavy atom. The molecule has 0 saturated carbocycles. The van der Waals surface area contributed by atoms with E-state index in [0.717, 1.165) is 24.8 Å². The van der Waals surface area contributed by atoms with Gasteiger partial charge in [-0.3, -0.25) is 0 Å². The van der Waals surface area contributed by atoms with Crippen molar-refractivity contribution in [2.45, 2.75) is 123 Å². The van der Waals surface area contributed by atoms with Gasteiger partial charge in [0.05, 0.1) is 0 Å². The molecule has 3 heteroatoms. The standard InChI is InChI=1S/C33H50O3/c1-5-7-9-11-13-15-17-29-18-20-31(21-19-29)32-24-22-30(23-25-32)27(3)36-33(34)28(4)35-26-16-14-12-10-8-6-2/h18-25,27-28H,5-17,26H2,1-4H3. The molecule has 0 saturated heterocycles. The van der Waals surface area contributed by atoms with Gasteiger partial charge in [-0.1, -0.05) is 127 Å². The van der Waals surface area contributed by atoms with Gasteiger partial charge in [-0.05, 0) is 55.4 Å². The van der Waals surface area contributed by atoms with Crippen LogP contribution < -0.4 is 0 Å². The summed E-state index contributed by atoms with van der Waals surface area (Å²) in [5, 5.41) is 0. The summed E-state index contributed by atoms with van der Waals surface area (Å²) in [5.74, 6) is -0.293. The predicted molar refractivity (Wildman–Crippen MR) is 152 cm³/mol. The number of esters is 1. The summed E-state index contributed by atoms with van der Waals surface area (Å²) in [4.78, 5) is 12.4. The van der Waals surface area contributed by atoms with Gasteiger partial charge in [0.15, 0.2) is 6.10 Å². The topological polar surface area (TPSA) is 35.5 Å². The van der Waals surface area contributed by atoms with E-state index in [0.29, 0.717) is 6.61 Å². The van der Waals surface area contributed by atoms with E-state index in [4.69, 9.17) is 9.47 Å². The first kappa shape index (κ1) is 30.1.